The van der Waals surface area contributed by atoms with Crippen molar-refractivity contribution in [2.75, 3.05) is 13.6 Å². The van der Waals surface area contributed by atoms with Crippen LogP contribution in [0, 0.1) is 5.82 Å². The Labute approximate surface area is 102 Å². The molecule has 0 bridgehead atoms. The second kappa shape index (κ2) is 5.49. The highest BCUT2D eigenvalue weighted by Crippen LogP contribution is 2.18. The molecule has 0 unspecified atom stereocenters. The summed E-state index contributed by atoms with van der Waals surface area (Å²) in [6.45, 7) is -0.0525. The van der Waals surface area contributed by atoms with Crippen molar-refractivity contribution in [3.05, 3.63) is 34.6 Å². The Morgan fingerprint density at radius 2 is 2.29 bits per heavy atom. The zero-order chi connectivity index (χ0) is 13.0. The number of amides is 1. The molecule has 5 nitrogen and oxygen atoms in total. The summed E-state index contributed by atoms with van der Waals surface area (Å²) in [6, 6.07) is 3.46. The summed E-state index contributed by atoms with van der Waals surface area (Å²) in [5, 5.41) is 11.1. The Hall–Kier alpha value is -1.82. The van der Waals surface area contributed by atoms with Gasteiger partial charge >= 0.3 is 0 Å². The van der Waals surface area contributed by atoms with Crippen molar-refractivity contribution in [2.45, 2.75) is 0 Å². The molecule has 0 aliphatic rings. The number of carbonyl (C=O) groups excluding carboxylic acids is 1. The quantitative estimate of drug-likeness (QED) is 0.372. The van der Waals surface area contributed by atoms with E-state index >= 15 is 0 Å². The van der Waals surface area contributed by atoms with E-state index in [0.717, 1.165) is 12.1 Å². The Bertz CT molecular complexity index is 465. The monoisotopic (exact) mass is 259 g/mol. The topological polar surface area (TPSA) is 78.9 Å². The van der Waals surface area contributed by atoms with Crippen LogP contribution in [0.15, 0.2) is 23.4 Å². The van der Waals surface area contributed by atoms with E-state index in [2.05, 4.69) is 5.16 Å². The molecule has 0 aliphatic heterocycles. The van der Waals surface area contributed by atoms with Crippen LogP contribution in [0.25, 0.3) is 0 Å². The second-order valence-electron chi connectivity index (χ2n) is 3.38. The van der Waals surface area contributed by atoms with Crippen LogP contribution in [-0.2, 0) is 0 Å². The average Bonchev–Trinajstić information content (AvgIpc) is 2.28. The Morgan fingerprint density at radius 3 is 2.82 bits per heavy atom. The van der Waals surface area contributed by atoms with E-state index in [1.54, 1.807) is 0 Å². The first-order valence-electron chi connectivity index (χ1n) is 4.62. The van der Waals surface area contributed by atoms with Gasteiger partial charge in [0.1, 0.15) is 5.82 Å². The number of hydrogen-bond donors (Lipinski definition) is 2. The molecule has 92 valence electrons. The SMILES string of the molecule is CN(CC(N)=NO)C(=O)c1ccc(F)cc1Cl. The van der Waals surface area contributed by atoms with Gasteiger partial charge in [0, 0.05) is 7.05 Å². The highest BCUT2D eigenvalue weighted by molar-refractivity contribution is 6.33. The largest absolute Gasteiger partial charge is 0.409 e. The van der Waals surface area contributed by atoms with Crippen molar-refractivity contribution in [1.29, 1.82) is 0 Å². The van der Waals surface area contributed by atoms with Gasteiger partial charge in [0.15, 0.2) is 5.84 Å². The summed E-state index contributed by atoms with van der Waals surface area (Å²) >= 11 is 5.74. The molecule has 1 rings (SSSR count). The van der Waals surface area contributed by atoms with Gasteiger partial charge in [-0.1, -0.05) is 16.8 Å². The van der Waals surface area contributed by atoms with Crippen LogP contribution in [0.2, 0.25) is 5.02 Å². The number of rotatable bonds is 3. The molecule has 0 radical (unpaired) electrons. The first kappa shape index (κ1) is 13.2. The second-order valence-corrected chi connectivity index (χ2v) is 3.78. The molecule has 0 spiro atoms. The third kappa shape index (κ3) is 3.32. The molecule has 0 saturated heterocycles. The lowest BCUT2D eigenvalue weighted by molar-refractivity contribution is 0.0814. The first-order valence-corrected chi connectivity index (χ1v) is 5.00. The Balaban J connectivity index is 2.89. The predicted octanol–water partition coefficient (Wildman–Crippen LogP) is 1.30. The fourth-order valence-corrected chi connectivity index (χ4v) is 1.46. The number of oxime groups is 1. The van der Waals surface area contributed by atoms with Gasteiger partial charge in [-0.15, -0.1) is 0 Å². The zero-order valence-corrected chi connectivity index (χ0v) is 9.78. The van der Waals surface area contributed by atoms with Gasteiger partial charge in [-0.3, -0.25) is 4.79 Å². The minimum atomic E-state index is -0.523. The smallest absolute Gasteiger partial charge is 0.255 e. The Kier molecular flexibility index (Phi) is 4.28. The van der Waals surface area contributed by atoms with E-state index in [9.17, 15) is 9.18 Å². The molecule has 1 aromatic carbocycles. The summed E-state index contributed by atoms with van der Waals surface area (Å²) in [4.78, 5) is 13.1. The van der Waals surface area contributed by atoms with Crippen LogP contribution in [0.3, 0.4) is 0 Å². The molecule has 0 heterocycles. The number of hydrogen-bond acceptors (Lipinski definition) is 3. The van der Waals surface area contributed by atoms with Crippen LogP contribution in [0.5, 0.6) is 0 Å². The molecule has 0 aliphatic carbocycles. The van der Waals surface area contributed by atoms with E-state index in [-0.39, 0.29) is 23.0 Å². The van der Waals surface area contributed by atoms with Crippen molar-refractivity contribution >= 4 is 23.3 Å². The maximum absolute atomic E-state index is 12.8. The maximum Gasteiger partial charge on any atom is 0.255 e. The third-order valence-electron chi connectivity index (χ3n) is 2.04. The van der Waals surface area contributed by atoms with Gasteiger partial charge in [-0.2, -0.15) is 0 Å². The number of nitrogens with zero attached hydrogens (tertiary/aromatic N) is 2. The number of carbonyl (C=O) groups is 1. The normalized spacial score (nSPS) is 11.4. The van der Waals surface area contributed by atoms with E-state index < -0.39 is 11.7 Å². The summed E-state index contributed by atoms with van der Waals surface area (Å²) < 4.78 is 12.8. The fraction of sp³-hybridized carbons (Fsp3) is 0.200. The predicted molar refractivity (Wildman–Crippen MR) is 61.8 cm³/mol. The molecule has 1 aromatic rings. The van der Waals surface area contributed by atoms with Crippen molar-refractivity contribution < 1.29 is 14.4 Å². The van der Waals surface area contributed by atoms with Gasteiger partial charge in [0.2, 0.25) is 0 Å². The minimum Gasteiger partial charge on any atom is -0.409 e. The van der Waals surface area contributed by atoms with Crippen LogP contribution in [0.1, 0.15) is 10.4 Å². The van der Waals surface area contributed by atoms with Gasteiger partial charge in [-0.25, -0.2) is 4.39 Å². The highest BCUT2D eigenvalue weighted by atomic mass is 35.5. The van der Waals surface area contributed by atoms with Gasteiger partial charge < -0.3 is 15.8 Å². The zero-order valence-electron chi connectivity index (χ0n) is 9.02. The van der Waals surface area contributed by atoms with E-state index in [4.69, 9.17) is 22.5 Å². The van der Waals surface area contributed by atoms with E-state index in [1.165, 1.54) is 18.0 Å². The van der Waals surface area contributed by atoms with Crippen LogP contribution in [0.4, 0.5) is 4.39 Å². The van der Waals surface area contributed by atoms with E-state index in [0.29, 0.717) is 0 Å². The van der Waals surface area contributed by atoms with Crippen LogP contribution >= 0.6 is 11.6 Å². The van der Waals surface area contributed by atoms with Crippen molar-refractivity contribution in [3.63, 3.8) is 0 Å². The summed E-state index contributed by atoms with van der Waals surface area (Å²) in [7, 11) is 1.46. The number of halogens is 2. The van der Waals surface area contributed by atoms with Crippen molar-refractivity contribution in [2.24, 2.45) is 10.9 Å². The number of nitrogens with two attached hydrogens (primary N) is 1. The lowest BCUT2D eigenvalue weighted by atomic mass is 10.2. The molecule has 0 atom stereocenters. The third-order valence-corrected chi connectivity index (χ3v) is 2.35. The number of amidine groups is 1. The standard InChI is InChI=1S/C10H11ClFN3O2/c1-15(5-9(13)14-17)10(16)7-3-2-6(12)4-8(7)11/h2-4,17H,5H2,1H3,(H2,13,14). The van der Waals surface area contributed by atoms with Gasteiger partial charge in [-0.05, 0) is 18.2 Å². The minimum absolute atomic E-state index is 0.0151. The Morgan fingerprint density at radius 1 is 1.65 bits per heavy atom. The summed E-state index contributed by atoms with van der Waals surface area (Å²) in [5.74, 6) is -1.08. The summed E-state index contributed by atoms with van der Waals surface area (Å²) in [5.41, 5.74) is 5.42. The molecule has 0 aromatic heterocycles. The van der Waals surface area contributed by atoms with E-state index in [1.807, 2.05) is 0 Å². The highest BCUT2D eigenvalue weighted by Gasteiger charge is 2.16. The average molecular weight is 260 g/mol. The molecule has 0 fully saturated rings. The number of likely N-dealkylation sites (N-methyl/N-ethyl adjacent to an activating group) is 1. The molecule has 17 heavy (non-hydrogen) atoms. The summed E-state index contributed by atoms with van der Waals surface area (Å²) in [6.07, 6.45) is 0. The molecule has 1 amide bonds. The molecule has 3 N–H and O–H groups in total. The molecule has 0 saturated carbocycles. The molecular weight excluding hydrogens is 249 g/mol. The molecule has 7 heteroatoms. The van der Waals surface area contributed by atoms with Crippen LogP contribution < -0.4 is 5.73 Å². The van der Waals surface area contributed by atoms with Crippen molar-refractivity contribution in [1.82, 2.24) is 4.90 Å². The lowest BCUT2D eigenvalue weighted by Gasteiger charge is -2.16. The number of benzene rings is 1. The lowest BCUT2D eigenvalue weighted by Crippen LogP contribution is -2.35. The van der Waals surface area contributed by atoms with Gasteiger partial charge in [0.25, 0.3) is 5.91 Å². The van der Waals surface area contributed by atoms with Gasteiger partial charge in [0.05, 0.1) is 17.1 Å². The fourth-order valence-electron chi connectivity index (χ4n) is 1.21. The first-order chi connectivity index (χ1) is 7.95. The molecular formula is C10H11ClFN3O2. The van der Waals surface area contributed by atoms with Crippen molar-refractivity contribution in [3.8, 4) is 0 Å². The maximum atomic E-state index is 12.8. The van der Waals surface area contributed by atoms with Crippen LogP contribution in [-0.4, -0.2) is 35.4 Å².